The van der Waals surface area contributed by atoms with E-state index in [1.165, 1.54) is 12.1 Å². The molecule has 0 saturated carbocycles. The van der Waals surface area contributed by atoms with Gasteiger partial charge >= 0.3 is 6.09 Å². The van der Waals surface area contributed by atoms with Crippen molar-refractivity contribution in [1.82, 2.24) is 10.9 Å². The zero-order valence-electron chi connectivity index (χ0n) is 14.8. The largest absolute Gasteiger partial charge is 0.464 e. The van der Waals surface area contributed by atoms with E-state index in [4.69, 9.17) is 5.11 Å². The molecular weight excluding hydrogens is 389 g/mol. The maximum absolute atomic E-state index is 15.3. The fourth-order valence-electron chi connectivity index (χ4n) is 3.16. The Morgan fingerprint density at radius 1 is 1.21 bits per heavy atom. The average molecular weight is 407 g/mol. The average Bonchev–Trinajstić information content (AvgIpc) is 3.00. The lowest BCUT2D eigenvalue weighted by Gasteiger charge is -2.20. The number of rotatable bonds is 5. The second-order valence-electron chi connectivity index (χ2n) is 6.32. The summed E-state index contributed by atoms with van der Waals surface area (Å²) in [4.78, 5) is 23.7. The highest BCUT2D eigenvalue weighted by Gasteiger charge is 2.36. The number of halogens is 1. The van der Waals surface area contributed by atoms with Gasteiger partial charge in [0, 0.05) is 18.4 Å². The van der Waals surface area contributed by atoms with Crippen molar-refractivity contribution >= 4 is 27.5 Å². The van der Waals surface area contributed by atoms with Gasteiger partial charge in [-0.05, 0) is 18.1 Å². The summed E-state index contributed by atoms with van der Waals surface area (Å²) in [6.45, 7) is 0.114. The fraction of sp³-hybridized carbons (Fsp3) is 0.222. The topological polar surface area (TPSA) is 116 Å². The van der Waals surface area contributed by atoms with E-state index >= 15 is 4.39 Å². The van der Waals surface area contributed by atoms with E-state index in [9.17, 15) is 18.0 Å². The smallest absolute Gasteiger partial charge is 0.419 e. The third kappa shape index (κ3) is 3.82. The standard InChI is InChI=1S/C18H18FN3O5S/c1-28(26,27)16-12(11-5-3-2-4-6-11)7-8-14(15(16)19)22-10-9-13(17(22)23)20-21-18(24)25/h2-8,13,20-21H,9-10H2,1H3,(H,24,25)/t13-/m0/s1. The van der Waals surface area contributed by atoms with E-state index in [2.05, 4.69) is 5.43 Å². The quantitative estimate of drug-likeness (QED) is 0.651. The molecule has 0 radical (unpaired) electrons. The normalized spacial score (nSPS) is 17.0. The van der Waals surface area contributed by atoms with Crippen molar-refractivity contribution in [3.05, 3.63) is 48.3 Å². The van der Waals surface area contributed by atoms with Crippen molar-refractivity contribution in [3.8, 4) is 11.1 Å². The molecule has 1 saturated heterocycles. The molecule has 28 heavy (non-hydrogen) atoms. The maximum atomic E-state index is 15.3. The minimum Gasteiger partial charge on any atom is -0.464 e. The molecule has 0 aromatic heterocycles. The molecule has 1 aliphatic heterocycles. The Kier molecular flexibility index (Phi) is 5.34. The summed E-state index contributed by atoms with van der Waals surface area (Å²) in [6.07, 6.45) is -0.217. The predicted octanol–water partition coefficient (Wildman–Crippen LogP) is 1.77. The van der Waals surface area contributed by atoms with Crippen molar-refractivity contribution in [2.75, 3.05) is 17.7 Å². The molecule has 2 aromatic carbocycles. The second kappa shape index (κ2) is 7.56. The summed E-state index contributed by atoms with van der Waals surface area (Å²) in [7, 11) is -3.94. The van der Waals surface area contributed by atoms with Gasteiger partial charge in [0.1, 0.15) is 10.9 Å². The van der Waals surface area contributed by atoms with Crippen LogP contribution in [-0.2, 0) is 14.6 Å². The highest BCUT2D eigenvalue weighted by molar-refractivity contribution is 7.90. The first-order valence-electron chi connectivity index (χ1n) is 8.34. The first-order chi connectivity index (χ1) is 13.2. The summed E-state index contributed by atoms with van der Waals surface area (Å²) < 4.78 is 39.9. The van der Waals surface area contributed by atoms with Crippen LogP contribution < -0.4 is 15.8 Å². The highest BCUT2D eigenvalue weighted by atomic mass is 32.2. The van der Waals surface area contributed by atoms with Gasteiger partial charge in [-0.2, -0.15) is 0 Å². The van der Waals surface area contributed by atoms with Gasteiger partial charge in [-0.1, -0.05) is 36.4 Å². The molecule has 2 amide bonds. The minimum absolute atomic E-state index is 0.114. The van der Waals surface area contributed by atoms with Crippen molar-refractivity contribution in [2.24, 2.45) is 0 Å². The van der Waals surface area contributed by atoms with Crippen LogP contribution >= 0.6 is 0 Å². The third-order valence-electron chi connectivity index (χ3n) is 4.38. The number of carboxylic acid groups (broad SMARTS) is 1. The van der Waals surface area contributed by atoms with Gasteiger partial charge in [0.25, 0.3) is 0 Å². The number of hydrogen-bond acceptors (Lipinski definition) is 5. The highest BCUT2D eigenvalue weighted by Crippen LogP contribution is 2.36. The molecule has 0 unspecified atom stereocenters. The van der Waals surface area contributed by atoms with Gasteiger partial charge in [0.15, 0.2) is 15.7 Å². The number of nitrogens with one attached hydrogen (secondary N) is 2. The number of benzene rings is 2. The molecule has 1 fully saturated rings. The Hall–Kier alpha value is -2.98. The molecule has 8 nitrogen and oxygen atoms in total. The first kappa shape index (κ1) is 19.8. The molecule has 3 rings (SSSR count). The van der Waals surface area contributed by atoms with Crippen molar-refractivity contribution in [1.29, 1.82) is 0 Å². The maximum Gasteiger partial charge on any atom is 0.419 e. The van der Waals surface area contributed by atoms with Crippen LogP contribution in [0.4, 0.5) is 14.9 Å². The lowest BCUT2D eigenvalue weighted by atomic mass is 10.0. The Morgan fingerprint density at radius 2 is 1.89 bits per heavy atom. The number of hydrogen-bond donors (Lipinski definition) is 3. The van der Waals surface area contributed by atoms with E-state index in [0.29, 0.717) is 5.56 Å². The lowest BCUT2D eigenvalue weighted by Crippen LogP contribution is -2.47. The molecule has 2 aromatic rings. The molecule has 0 aliphatic carbocycles. The second-order valence-corrected chi connectivity index (χ2v) is 8.27. The number of anilines is 1. The Balaban J connectivity index is 2.03. The van der Waals surface area contributed by atoms with Crippen LogP contribution in [0.25, 0.3) is 11.1 Å². The molecule has 148 valence electrons. The number of hydrazine groups is 1. The Labute approximate surface area is 160 Å². The molecular formula is C18H18FN3O5S. The monoisotopic (exact) mass is 407 g/mol. The Morgan fingerprint density at radius 3 is 2.50 bits per heavy atom. The van der Waals surface area contributed by atoms with Crippen LogP contribution in [0, 0.1) is 5.82 Å². The molecule has 0 bridgehead atoms. The van der Waals surface area contributed by atoms with E-state index in [-0.39, 0.29) is 24.2 Å². The summed E-state index contributed by atoms with van der Waals surface area (Å²) in [6, 6.07) is 10.5. The fourth-order valence-corrected chi connectivity index (χ4v) is 4.18. The lowest BCUT2D eigenvalue weighted by molar-refractivity contribution is -0.119. The molecule has 3 N–H and O–H groups in total. The molecule has 0 spiro atoms. The minimum atomic E-state index is -3.94. The zero-order valence-corrected chi connectivity index (χ0v) is 15.7. The van der Waals surface area contributed by atoms with Crippen LogP contribution in [0.3, 0.4) is 0 Å². The molecule has 1 aliphatic rings. The van der Waals surface area contributed by atoms with Gasteiger partial charge in [0.2, 0.25) is 5.91 Å². The number of carbonyl (C=O) groups excluding carboxylic acids is 1. The molecule has 1 heterocycles. The van der Waals surface area contributed by atoms with E-state index in [0.717, 1.165) is 11.2 Å². The number of amides is 2. The summed E-state index contributed by atoms with van der Waals surface area (Å²) in [5.41, 5.74) is 4.83. The Bertz CT molecular complexity index is 1030. The van der Waals surface area contributed by atoms with E-state index in [1.54, 1.807) is 30.3 Å². The van der Waals surface area contributed by atoms with Gasteiger partial charge in [-0.3, -0.25) is 10.2 Å². The first-order valence-corrected chi connectivity index (χ1v) is 10.2. The van der Waals surface area contributed by atoms with Crippen molar-refractivity contribution in [3.63, 3.8) is 0 Å². The van der Waals surface area contributed by atoms with Gasteiger partial charge in [0.05, 0.1) is 5.69 Å². The number of carbonyl (C=O) groups is 2. The molecule has 1 atom stereocenters. The zero-order chi connectivity index (χ0) is 20.5. The van der Waals surface area contributed by atoms with Gasteiger partial charge in [-0.25, -0.2) is 23.0 Å². The SMILES string of the molecule is CS(=O)(=O)c1c(-c2ccccc2)ccc(N2CC[C@H](NNC(=O)O)C2=O)c1F. The van der Waals surface area contributed by atoms with E-state index in [1.807, 2.05) is 5.43 Å². The van der Waals surface area contributed by atoms with Crippen LogP contribution in [0.2, 0.25) is 0 Å². The van der Waals surface area contributed by atoms with Gasteiger partial charge < -0.3 is 10.0 Å². The predicted molar refractivity (Wildman–Crippen MR) is 100 cm³/mol. The summed E-state index contributed by atoms with van der Waals surface area (Å²) in [5.74, 6) is -1.57. The van der Waals surface area contributed by atoms with Crippen molar-refractivity contribution < 1.29 is 27.5 Å². The van der Waals surface area contributed by atoms with E-state index < -0.39 is 38.6 Å². The number of nitrogens with zero attached hydrogens (tertiary/aromatic N) is 1. The summed E-state index contributed by atoms with van der Waals surface area (Å²) >= 11 is 0. The third-order valence-corrected chi connectivity index (χ3v) is 5.52. The van der Waals surface area contributed by atoms with Gasteiger partial charge in [-0.15, -0.1) is 0 Å². The van der Waals surface area contributed by atoms with Crippen LogP contribution in [0.5, 0.6) is 0 Å². The summed E-state index contributed by atoms with van der Waals surface area (Å²) in [5, 5.41) is 8.63. The van der Waals surface area contributed by atoms with Crippen molar-refractivity contribution in [2.45, 2.75) is 17.4 Å². The number of sulfone groups is 1. The van der Waals surface area contributed by atoms with Crippen LogP contribution in [0.1, 0.15) is 6.42 Å². The van der Waals surface area contributed by atoms with Crippen LogP contribution in [0.15, 0.2) is 47.4 Å². The van der Waals surface area contributed by atoms with Crippen LogP contribution in [-0.4, -0.2) is 44.4 Å². The molecule has 10 heteroatoms.